The van der Waals surface area contributed by atoms with Crippen molar-refractivity contribution >= 4 is 0 Å². The molecule has 1 aromatic carbocycles. The van der Waals surface area contributed by atoms with E-state index >= 15 is 0 Å². The van der Waals surface area contributed by atoms with Crippen LogP contribution in [0.5, 0.6) is 11.5 Å². The Morgan fingerprint density at radius 3 is 0.932 bits per heavy atom. The fourth-order valence-electron chi connectivity index (χ4n) is 6.82. The van der Waals surface area contributed by atoms with Gasteiger partial charge in [-0.2, -0.15) is 0 Å². The molecule has 0 saturated carbocycles. The molecule has 2 heteroatoms. The first-order chi connectivity index (χ1) is 21.7. The molecule has 0 aliphatic carbocycles. The second kappa shape index (κ2) is 31.8. The lowest BCUT2D eigenvalue weighted by molar-refractivity contribution is 0.397. The van der Waals surface area contributed by atoms with Crippen LogP contribution in [0.15, 0.2) is 12.1 Å². The third-order valence-corrected chi connectivity index (χ3v) is 9.85. The number of aryl methyl sites for hydroxylation is 2. The van der Waals surface area contributed by atoms with Crippen LogP contribution in [0.2, 0.25) is 0 Å². The van der Waals surface area contributed by atoms with Gasteiger partial charge in [-0.15, -0.1) is 0 Å². The van der Waals surface area contributed by atoms with Crippen molar-refractivity contribution in [2.45, 2.75) is 232 Å². The number of unbranched alkanes of at least 4 members (excludes halogenated alkanes) is 30. The monoisotopic (exact) mass is 615 g/mol. The van der Waals surface area contributed by atoms with E-state index in [1.165, 1.54) is 205 Å². The summed E-state index contributed by atoms with van der Waals surface area (Å²) in [6, 6.07) is 3.95. The number of benzene rings is 1. The minimum Gasteiger partial charge on any atom is -0.504 e. The van der Waals surface area contributed by atoms with Crippen molar-refractivity contribution in [3.05, 3.63) is 23.3 Å². The summed E-state index contributed by atoms with van der Waals surface area (Å²) in [4.78, 5) is 0. The molecule has 1 rings (SSSR count). The van der Waals surface area contributed by atoms with Crippen LogP contribution in [-0.4, -0.2) is 10.2 Å². The largest absolute Gasteiger partial charge is 0.504 e. The SMILES string of the molecule is CCCCCCCCCCCCCCCCCCc1cc(O)c(O)c(CCCCCCCCCCCCCCCCCC)c1. The Morgan fingerprint density at radius 2 is 0.614 bits per heavy atom. The van der Waals surface area contributed by atoms with Gasteiger partial charge in [0.15, 0.2) is 11.5 Å². The molecule has 0 heterocycles. The first-order valence-corrected chi connectivity index (χ1v) is 20.2. The van der Waals surface area contributed by atoms with E-state index in [1.807, 2.05) is 0 Å². The lowest BCUT2D eigenvalue weighted by Crippen LogP contribution is -1.93. The Kier molecular flexibility index (Phi) is 29.5. The maximum Gasteiger partial charge on any atom is 0.160 e. The Balaban J connectivity index is 1.97. The van der Waals surface area contributed by atoms with Gasteiger partial charge < -0.3 is 10.2 Å². The fraction of sp³-hybridized carbons (Fsp3) is 0.857. The maximum absolute atomic E-state index is 10.4. The summed E-state index contributed by atoms with van der Waals surface area (Å²) in [7, 11) is 0. The normalized spacial score (nSPS) is 11.5. The first kappa shape index (κ1) is 40.8. The van der Waals surface area contributed by atoms with Gasteiger partial charge in [-0.1, -0.05) is 213 Å². The van der Waals surface area contributed by atoms with Crippen LogP contribution in [0.25, 0.3) is 0 Å². The van der Waals surface area contributed by atoms with Gasteiger partial charge in [0.2, 0.25) is 0 Å². The van der Waals surface area contributed by atoms with E-state index in [9.17, 15) is 10.2 Å². The summed E-state index contributed by atoms with van der Waals surface area (Å²) in [5, 5.41) is 20.7. The van der Waals surface area contributed by atoms with Crippen molar-refractivity contribution in [1.82, 2.24) is 0 Å². The minimum absolute atomic E-state index is 0.0745. The third-order valence-electron chi connectivity index (χ3n) is 9.85. The van der Waals surface area contributed by atoms with Gasteiger partial charge in [0.25, 0.3) is 0 Å². The molecule has 0 atom stereocenters. The molecule has 0 unspecified atom stereocenters. The van der Waals surface area contributed by atoms with Crippen LogP contribution in [0.3, 0.4) is 0 Å². The molecule has 0 aliphatic heterocycles. The summed E-state index contributed by atoms with van der Waals surface area (Å²) in [6.07, 6.45) is 46.1. The van der Waals surface area contributed by atoms with Gasteiger partial charge in [0, 0.05) is 0 Å². The zero-order valence-corrected chi connectivity index (χ0v) is 30.1. The average Bonchev–Trinajstić information content (AvgIpc) is 3.02. The molecule has 44 heavy (non-hydrogen) atoms. The highest BCUT2D eigenvalue weighted by molar-refractivity contribution is 5.47. The number of hydrogen-bond acceptors (Lipinski definition) is 2. The molecule has 0 radical (unpaired) electrons. The number of hydrogen-bond donors (Lipinski definition) is 2. The summed E-state index contributed by atoms with van der Waals surface area (Å²) in [6.45, 7) is 4.58. The lowest BCUT2D eigenvalue weighted by Gasteiger charge is -2.10. The van der Waals surface area contributed by atoms with Gasteiger partial charge in [-0.05, 0) is 42.9 Å². The highest BCUT2D eigenvalue weighted by Crippen LogP contribution is 2.32. The molecule has 0 amide bonds. The first-order valence-electron chi connectivity index (χ1n) is 20.2. The van der Waals surface area contributed by atoms with Crippen molar-refractivity contribution in [3.8, 4) is 11.5 Å². The molecule has 258 valence electrons. The molecule has 0 aromatic heterocycles. The van der Waals surface area contributed by atoms with E-state index in [0.717, 1.165) is 24.8 Å². The molecule has 0 bridgehead atoms. The van der Waals surface area contributed by atoms with Crippen LogP contribution >= 0.6 is 0 Å². The maximum atomic E-state index is 10.4. The van der Waals surface area contributed by atoms with Crippen LogP contribution < -0.4 is 0 Å². The quantitative estimate of drug-likeness (QED) is 0.0599. The second-order valence-corrected chi connectivity index (χ2v) is 14.2. The van der Waals surface area contributed by atoms with Crippen LogP contribution in [-0.2, 0) is 12.8 Å². The smallest absolute Gasteiger partial charge is 0.160 e. The molecule has 2 N–H and O–H groups in total. The number of aromatic hydroxyl groups is 2. The molecule has 0 saturated heterocycles. The molecule has 0 spiro atoms. The van der Waals surface area contributed by atoms with Gasteiger partial charge in [0.1, 0.15) is 0 Å². The molecular formula is C42H78O2. The van der Waals surface area contributed by atoms with E-state index in [-0.39, 0.29) is 11.5 Å². The summed E-state index contributed by atoms with van der Waals surface area (Å²) >= 11 is 0. The average molecular weight is 615 g/mol. The van der Waals surface area contributed by atoms with Crippen molar-refractivity contribution in [3.63, 3.8) is 0 Å². The standard InChI is InChI=1S/C42H78O2/c1-3-5-7-9-11-13-15-17-19-21-23-25-27-29-31-33-35-39-37-40(42(44)41(43)38-39)36-34-32-30-28-26-24-22-20-18-16-14-12-10-8-6-4-2/h37-38,43-44H,3-36H2,1-2H3. The van der Waals surface area contributed by atoms with Crippen molar-refractivity contribution in [2.75, 3.05) is 0 Å². The Bertz CT molecular complexity index is 727. The van der Waals surface area contributed by atoms with Gasteiger partial charge >= 0.3 is 0 Å². The fourth-order valence-corrected chi connectivity index (χ4v) is 6.82. The number of phenolic OH excluding ortho intramolecular Hbond substituents is 2. The second-order valence-electron chi connectivity index (χ2n) is 14.2. The number of rotatable bonds is 34. The highest BCUT2D eigenvalue weighted by Gasteiger charge is 2.09. The molecular weight excluding hydrogens is 536 g/mol. The van der Waals surface area contributed by atoms with E-state index in [0.29, 0.717) is 0 Å². The third kappa shape index (κ3) is 25.1. The van der Waals surface area contributed by atoms with Crippen molar-refractivity contribution in [2.24, 2.45) is 0 Å². The zero-order chi connectivity index (χ0) is 31.8. The summed E-state index contributed by atoms with van der Waals surface area (Å²) in [5.74, 6) is 0.187. The number of phenols is 2. The topological polar surface area (TPSA) is 40.5 Å². The Morgan fingerprint density at radius 1 is 0.341 bits per heavy atom. The van der Waals surface area contributed by atoms with Gasteiger partial charge in [0.05, 0.1) is 0 Å². The van der Waals surface area contributed by atoms with E-state index in [2.05, 4.69) is 19.9 Å². The highest BCUT2D eigenvalue weighted by atomic mass is 16.3. The predicted octanol–water partition coefficient (Wildman–Crippen LogP) is 14.7. The molecule has 0 fully saturated rings. The van der Waals surface area contributed by atoms with Crippen LogP contribution in [0, 0.1) is 0 Å². The molecule has 0 aliphatic rings. The molecule has 2 nitrogen and oxygen atoms in total. The van der Waals surface area contributed by atoms with Crippen LogP contribution in [0.4, 0.5) is 0 Å². The van der Waals surface area contributed by atoms with E-state index < -0.39 is 0 Å². The minimum atomic E-state index is 0.0745. The van der Waals surface area contributed by atoms with Crippen molar-refractivity contribution < 1.29 is 10.2 Å². The molecule has 1 aromatic rings. The summed E-state index contributed by atoms with van der Waals surface area (Å²) in [5.41, 5.74) is 2.14. The van der Waals surface area contributed by atoms with Crippen LogP contribution in [0.1, 0.15) is 230 Å². The zero-order valence-electron chi connectivity index (χ0n) is 30.1. The summed E-state index contributed by atoms with van der Waals surface area (Å²) < 4.78 is 0. The Labute approximate surface area is 276 Å². The predicted molar refractivity (Wildman–Crippen MR) is 196 cm³/mol. The van der Waals surface area contributed by atoms with E-state index in [1.54, 1.807) is 6.07 Å². The lowest BCUT2D eigenvalue weighted by atomic mass is 9.98. The van der Waals surface area contributed by atoms with E-state index in [4.69, 9.17) is 0 Å². The van der Waals surface area contributed by atoms with Gasteiger partial charge in [-0.3, -0.25) is 0 Å². The van der Waals surface area contributed by atoms with Crippen molar-refractivity contribution in [1.29, 1.82) is 0 Å². The van der Waals surface area contributed by atoms with Gasteiger partial charge in [-0.25, -0.2) is 0 Å². The Hall–Kier alpha value is -1.18.